The summed E-state index contributed by atoms with van der Waals surface area (Å²) in [6, 6.07) is 24.9. The average Bonchev–Trinajstić information content (AvgIpc) is 2.88. The fourth-order valence-corrected chi connectivity index (χ4v) is 4.27. The first-order valence-corrected chi connectivity index (χ1v) is 11.3. The Morgan fingerprint density at radius 2 is 1.61 bits per heavy atom. The summed E-state index contributed by atoms with van der Waals surface area (Å²) in [5.41, 5.74) is 13.3. The van der Waals surface area contributed by atoms with Gasteiger partial charge < -0.3 is 16.8 Å². The number of anilines is 3. The van der Waals surface area contributed by atoms with Gasteiger partial charge in [-0.05, 0) is 29.8 Å². The quantitative estimate of drug-likeness (QED) is 0.331. The zero-order valence-corrected chi connectivity index (χ0v) is 19.5. The molecule has 1 unspecified atom stereocenters. The molecule has 36 heavy (non-hydrogen) atoms. The third kappa shape index (κ3) is 4.06. The number of fused-ring (bicyclic) bond motifs is 1. The number of nitrogens with one attached hydrogen (secondary N) is 1. The molecule has 0 saturated heterocycles. The molecule has 5 N–H and O–H groups in total. The third-order valence-corrected chi connectivity index (χ3v) is 5.94. The SMILES string of the molecule is N#Cc1c(N)nc(N)nc1NC(c1ccccc1)c1nc2cccc(Cl)c2c(=O)n1-c1ccccc1. The smallest absolute Gasteiger partial charge is 0.267 e. The lowest BCUT2D eigenvalue weighted by atomic mass is 10.0. The van der Waals surface area contributed by atoms with Gasteiger partial charge in [0.25, 0.3) is 5.56 Å². The Kier molecular flexibility index (Phi) is 5.94. The Balaban J connectivity index is 1.84. The van der Waals surface area contributed by atoms with Crippen LogP contribution in [0.1, 0.15) is 23.0 Å². The highest BCUT2D eigenvalue weighted by Gasteiger charge is 2.26. The van der Waals surface area contributed by atoms with Gasteiger partial charge in [-0.1, -0.05) is 66.2 Å². The number of nitrogens with two attached hydrogens (primary N) is 2. The maximum absolute atomic E-state index is 13.9. The molecule has 0 aliphatic rings. The first-order valence-electron chi connectivity index (χ1n) is 10.9. The summed E-state index contributed by atoms with van der Waals surface area (Å²) in [7, 11) is 0. The summed E-state index contributed by atoms with van der Waals surface area (Å²) in [4.78, 5) is 26.9. The maximum atomic E-state index is 13.9. The molecule has 176 valence electrons. The molecule has 0 saturated carbocycles. The van der Waals surface area contributed by atoms with Gasteiger partial charge >= 0.3 is 0 Å². The van der Waals surface area contributed by atoms with Crippen LogP contribution in [0.2, 0.25) is 5.02 Å². The Morgan fingerprint density at radius 3 is 2.31 bits per heavy atom. The molecule has 3 aromatic carbocycles. The molecule has 5 rings (SSSR count). The second kappa shape index (κ2) is 9.37. The first-order chi connectivity index (χ1) is 17.5. The van der Waals surface area contributed by atoms with Crippen LogP contribution in [0, 0.1) is 11.3 Å². The Hall–Kier alpha value is -4.94. The zero-order chi connectivity index (χ0) is 25.2. The van der Waals surface area contributed by atoms with Crippen molar-refractivity contribution in [1.82, 2.24) is 19.5 Å². The molecule has 2 heterocycles. The van der Waals surface area contributed by atoms with Crippen LogP contribution >= 0.6 is 11.6 Å². The fraction of sp³-hybridized carbons (Fsp3) is 0.0385. The summed E-state index contributed by atoms with van der Waals surface area (Å²) < 4.78 is 1.50. The molecule has 0 amide bonds. The van der Waals surface area contributed by atoms with Gasteiger partial charge in [-0.2, -0.15) is 15.2 Å². The van der Waals surface area contributed by atoms with E-state index in [1.807, 2.05) is 54.6 Å². The predicted octanol–water partition coefficient (Wildman–Crippen LogP) is 4.07. The van der Waals surface area contributed by atoms with E-state index in [2.05, 4.69) is 15.3 Å². The van der Waals surface area contributed by atoms with Crippen LogP contribution in [0.15, 0.2) is 83.7 Å². The lowest BCUT2D eigenvalue weighted by molar-refractivity contribution is 0.760. The van der Waals surface area contributed by atoms with Gasteiger partial charge in [0, 0.05) is 0 Å². The average molecular weight is 495 g/mol. The second-order valence-electron chi connectivity index (χ2n) is 7.87. The number of aromatic nitrogens is 4. The van der Waals surface area contributed by atoms with E-state index in [9.17, 15) is 10.1 Å². The molecule has 5 aromatic rings. The van der Waals surface area contributed by atoms with Crippen molar-refractivity contribution in [3.05, 3.63) is 111 Å². The molecule has 2 aromatic heterocycles. The predicted molar refractivity (Wildman–Crippen MR) is 140 cm³/mol. The number of hydrogen-bond acceptors (Lipinski definition) is 8. The molecule has 1 atom stereocenters. The van der Waals surface area contributed by atoms with Gasteiger partial charge in [0.2, 0.25) is 5.95 Å². The summed E-state index contributed by atoms with van der Waals surface area (Å²) in [6.45, 7) is 0. The number of benzene rings is 3. The fourth-order valence-electron chi connectivity index (χ4n) is 4.02. The summed E-state index contributed by atoms with van der Waals surface area (Å²) in [6.07, 6.45) is 0. The van der Waals surface area contributed by atoms with Crippen LogP contribution in [0.25, 0.3) is 16.6 Å². The molecule has 0 bridgehead atoms. The molecule has 0 aliphatic heterocycles. The molecular weight excluding hydrogens is 476 g/mol. The van der Waals surface area contributed by atoms with E-state index in [-0.39, 0.29) is 28.7 Å². The van der Waals surface area contributed by atoms with Crippen LogP contribution in [-0.4, -0.2) is 19.5 Å². The number of nitrogen functional groups attached to an aromatic ring is 2. The Morgan fingerprint density at radius 1 is 0.917 bits per heavy atom. The minimum absolute atomic E-state index is 0.0302. The molecule has 10 heteroatoms. The number of para-hydroxylation sites is 1. The number of rotatable bonds is 5. The molecule has 0 radical (unpaired) electrons. The topological polar surface area (TPSA) is 149 Å². The van der Waals surface area contributed by atoms with Crippen molar-refractivity contribution in [3.63, 3.8) is 0 Å². The maximum Gasteiger partial charge on any atom is 0.267 e. The molecule has 9 nitrogen and oxygen atoms in total. The van der Waals surface area contributed by atoms with Gasteiger partial charge in [0.05, 0.1) is 21.6 Å². The largest absolute Gasteiger partial charge is 0.382 e. The summed E-state index contributed by atoms with van der Waals surface area (Å²) >= 11 is 6.43. The van der Waals surface area contributed by atoms with Gasteiger partial charge in [0.15, 0.2) is 5.82 Å². The highest BCUT2D eigenvalue weighted by Crippen LogP contribution is 2.30. The van der Waals surface area contributed by atoms with Crippen molar-refractivity contribution in [2.45, 2.75) is 6.04 Å². The molecule has 0 aliphatic carbocycles. The van der Waals surface area contributed by atoms with Crippen molar-refractivity contribution in [2.75, 3.05) is 16.8 Å². The summed E-state index contributed by atoms with van der Waals surface area (Å²) in [5, 5.41) is 13.6. The first kappa shape index (κ1) is 22.8. The van der Waals surface area contributed by atoms with Crippen molar-refractivity contribution < 1.29 is 0 Å². The third-order valence-electron chi connectivity index (χ3n) is 5.63. The Labute approximate surface area is 210 Å². The van der Waals surface area contributed by atoms with Crippen molar-refractivity contribution in [2.24, 2.45) is 0 Å². The van der Waals surface area contributed by atoms with Gasteiger partial charge in [0.1, 0.15) is 29.3 Å². The standard InChI is InChI=1S/C26H19ClN8O/c27-18-12-7-13-19-20(18)25(36)35(16-10-5-2-6-11-16)24(31-19)21(15-8-3-1-4-9-15)32-23-17(14-28)22(29)33-26(30)34-23/h1-13,21H,(H5,29,30,32,33,34). The second-order valence-corrected chi connectivity index (χ2v) is 8.28. The molecular formula is C26H19ClN8O. The lowest BCUT2D eigenvalue weighted by Gasteiger charge is -2.24. The van der Waals surface area contributed by atoms with Crippen LogP contribution < -0.4 is 22.3 Å². The van der Waals surface area contributed by atoms with Crippen molar-refractivity contribution in [3.8, 4) is 11.8 Å². The minimum atomic E-state index is -0.733. The molecule has 0 spiro atoms. The van der Waals surface area contributed by atoms with E-state index in [0.29, 0.717) is 27.4 Å². The molecule has 0 fully saturated rings. The normalized spacial score (nSPS) is 11.7. The number of nitrogens with zero attached hydrogens (tertiary/aromatic N) is 5. The van der Waals surface area contributed by atoms with Crippen molar-refractivity contribution >= 4 is 40.1 Å². The van der Waals surface area contributed by atoms with E-state index < -0.39 is 6.04 Å². The van der Waals surface area contributed by atoms with E-state index in [1.54, 1.807) is 30.3 Å². The highest BCUT2D eigenvalue weighted by molar-refractivity contribution is 6.35. The lowest BCUT2D eigenvalue weighted by Crippen LogP contribution is -2.29. The van der Waals surface area contributed by atoms with E-state index in [1.165, 1.54) is 4.57 Å². The van der Waals surface area contributed by atoms with Crippen LogP contribution in [0.3, 0.4) is 0 Å². The van der Waals surface area contributed by atoms with Gasteiger partial charge in [-0.25, -0.2) is 4.98 Å². The summed E-state index contributed by atoms with van der Waals surface area (Å²) in [5.74, 6) is 0.320. The number of hydrogen-bond donors (Lipinski definition) is 3. The number of halogens is 1. The van der Waals surface area contributed by atoms with Gasteiger partial charge in [-0.3, -0.25) is 9.36 Å². The number of nitriles is 1. The monoisotopic (exact) mass is 494 g/mol. The van der Waals surface area contributed by atoms with Gasteiger partial charge in [-0.15, -0.1) is 0 Å². The van der Waals surface area contributed by atoms with Crippen LogP contribution in [0.4, 0.5) is 17.6 Å². The van der Waals surface area contributed by atoms with E-state index >= 15 is 0 Å². The van der Waals surface area contributed by atoms with Crippen LogP contribution in [-0.2, 0) is 0 Å². The van der Waals surface area contributed by atoms with Crippen LogP contribution in [0.5, 0.6) is 0 Å². The highest BCUT2D eigenvalue weighted by atomic mass is 35.5. The Bertz CT molecular complexity index is 1680. The minimum Gasteiger partial charge on any atom is -0.382 e. The van der Waals surface area contributed by atoms with Crippen molar-refractivity contribution in [1.29, 1.82) is 5.26 Å². The zero-order valence-electron chi connectivity index (χ0n) is 18.8. The van der Waals surface area contributed by atoms with E-state index in [4.69, 9.17) is 28.1 Å². The van der Waals surface area contributed by atoms with E-state index in [0.717, 1.165) is 5.56 Å².